The summed E-state index contributed by atoms with van der Waals surface area (Å²) in [6.07, 6.45) is 3.43. The van der Waals surface area contributed by atoms with Gasteiger partial charge in [0.25, 0.3) is 10.0 Å². The number of hydrogen-bond donors (Lipinski definition) is 1. The number of benzene rings is 2. The number of rotatable bonds is 5. The molecule has 1 amide bonds. The third-order valence-electron chi connectivity index (χ3n) is 5.80. The van der Waals surface area contributed by atoms with E-state index in [1.807, 2.05) is 36.1 Å². The lowest BCUT2D eigenvalue weighted by atomic mass is 9.95. The van der Waals surface area contributed by atoms with Gasteiger partial charge in [0.1, 0.15) is 4.90 Å². The van der Waals surface area contributed by atoms with Crippen LogP contribution in [0.2, 0.25) is 0 Å². The summed E-state index contributed by atoms with van der Waals surface area (Å²) in [5, 5.41) is 3.14. The van der Waals surface area contributed by atoms with Crippen LogP contribution in [0.1, 0.15) is 37.3 Å². The van der Waals surface area contributed by atoms with Gasteiger partial charge in [-0.3, -0.25) is 4.79 Å². The summed E-state index contributed by atoms with van der Waals surface area (Å²) in [7, 11) is -3.65. The van der Waals surface area contributed by atoms with Crippen molar-refractivity contribution in [3.63, 3.8) is 0 Å². The Morgan fingerprint density at radius 2 is 1.90 bits per heavy atom. The minimum Gasteiger partial charge on any atom is -0.355 e. The molecule has 7 heteroatoms. The molecule has 1 saturated heterocycles. The fourth-order valence-electron chi connectivity index (χ4n) is 4.16. The maximum absolute atomic E-state index is 12.9. The van der Waals surface area contributed by atoms with Crippen LogP contribution in [0.15, 0.2) is 63.9 Å². The maximum Gasteiger partial charge on any atom is 0.285 e. The van der Waals surface area contributed by atoms with Gasteiger partial charge in [-0.15, -0.1) is 4.40 Å². The van der Waals surface area contributed by atoms with Crippen molar-refractivity contribution in [1.82, 2.24) is 10.2 Å². The van der Waals surface area contributed by atoms with E-state index in [0.29, 0.717) is 24.5 Å². The van der Waals surface area contributed by atoms with Crippen LogP contribution < -0.4 is 5.32 Å². The van der Waals surface area contributed by atoms with Gasteiger partial charge < -0.3 is 10.2 Å². The number of sulfonamides is 1. The molecule has 30 heavy (non-hydrogen) atoms. The lowest BCUT2D eigenvalue weighted by Gasteiger charge is -2.34. The maximum atomic E-state index is 12.9. The quantitative estimate of drug-likeness (QED) is 0.799. The van der Waals surface area contributed by atoms with E-state index in [1.54, 1.807) is 18.2 Å². The van der Waals surface area contributed by atoms with Gasteiger partial charge >= 0.3 is 0 Å². The van der Waals surface area contributed by atoms with Gasteiger partial charge in [-0.1, -0.05) is 42.5 Å². The highest BCUT2D eigenvalue weighted by Gasteiger charge is 2.35. The van der Waals surface area contributed by atoms with Gasteiger partial charge in [-0.05, 0) is 50.3 Å². The van der Waals surface area contributed by atoms with E-state index in [2.05, 4.69) is 21.8 Å². The van der Waals surface area contributed by atoms with Crippen molar-refractivity contribution in [3.8, 4) is 0 Å². The highest BCUT2D eigenvalue weighted by atomic mass is 32.2. The van der Waals surface area contributed by atoms with Crippen LogP contribution in [-0.2, 0) is 21.2 Å². The second-order valence-electron chi connectivity index (χ2n) is 8.11. The molecule has 0 aliphatic carbocycles. The van der Waals surface area contributed by atoms with Crippen molar-refractivity contribution in [2.24, 2.45) is 10.3 Å². The van der Waals surface area contributed by atoms with E-state index in [9.17, 15) is 13.2 Å². The third kappa shape index (κ3) is 4.41. The highest BCUT2D eigenvalue weighted by molar-refractivity contribution is 7.90. The Labute approximate surface area is 178 Å². The molecule has 0 radical (unpaired) electrons. The molecule has 2 aliphatic heterocycles. The second-order valence-corrected chi connectivity index (χ2v) is 9.68. The van der Waals surface area contributed by atoms with Crippen molar-refractivity contribution in [2.45, 2.75) is 43.5 Å². The lowest BCUT2D eigenvalue weighted by Crippen LogP contribution is -2.47. The number of aryl methyl sites for hydroxylation is 1. The van der Waals surface area contributed by atoms with Gasteiger partial charge in [0, 0.05) is 24.7 Å². The molecule has 0 spiro atoms. The Hall–Kier alpha value is -2.67. The van der Waals surface area contributed by atoms with Gasteiger partial charge in [0.2, 0.25) is 5.91 Å². The molecule has 1 N–H and O–H groups in total. The molecule has 0 bridgehead atoms. The van der Waals surface area contributed by atoms with Crippen LogP contribution in [0.5, 0.6) is 0 Å². The van der Waals surface area contributed by atoms with Crippen LogP contribution in [0.4, 0.5) is 0 Å². The molecule has 2 aromatic rings. The number of likely N-dealkylation sites (tertiary alicyclic amines) is 1. The van der Waals surface area contributed by atoms with Gasteiger partial charge in [-0.25, -0.2) is 0 Å². The smallest absolute Gasteiger partial charge is 0.285 e. The first-order valence-electron chi connectivity index (χ1n) is 10.5. The number of nitrogens with one attached hydrogen (secondary N) is 1. The van der Waals surface area contributed by atoms with E-state index in [-0.39, 0.29) is 22.8 Å². The highest BCUT2D eigenvalue weighted by Crippen LogP contribution is 2.29. The number of carbonyl (C=O) groups excluding carboxylic acids is 1. The molecule has 4 rings (SSSR count). The molecular weight excluding hydrogens is 398 g/mol. The summed E-state index contributed by atoms with van der Waals surface area (Å²) in [5.41, 5.74) is 1.90. The standard InChI is InChI=1S/C23H27N3O3S/c1-17(13-14-18-8-3-2-4-9-18)24-23(27)19-10-7-15-26(16-19)22-20-11-5-6-12-21(20)30(28,29)25-22/h2-6,8-9,11-12,17,19H,7,10,13-16H2,1H3,(H,24,27)/t17-,19-/m0/s1. The molecule has 2 heterocycles. The van der Waals surface area contributed by atoms with E-state index < -0.39 is 10.0 Å². The van der Waals surface area contributed by atoms with Crippen molar-refractivity contribution in [1.29, 1.82) is 0 Å². The topological polar surface area (TPSA) is 78.8 Å². The lowest BCUT2D eigenvalue weighted by molar-refractivity contribution is -0.126. The Balaban J connectivity index is 1.38. The normalized spacial score (nSPS) is 20.9. The zero-order valence-electron chi connectivity index (χ0n) is 17.1. The summed E-state index contributed by atoms with van der Waals surface area (Å²) < 4.78 is 28.7. The van der Waals surface area contributed by atoms with Crippen LogP contribution in [0, 0.1) is 5.92 Å². The first-order chi connectivity index (χ1) is 14.4. The predicted octanol–water partition coefficient (Wildman–Crippen LogP) is 2.99. The van der Waals surface area contributed by atoms with E-state index in [1.165, 1.54) is 5.56 Å². The number of piperidine rings is 1. The van der Waals surface area contributed by atoms with E-state index in [0.717, 1.165) is 25.7 Å². The molecule has 2 atom stereocenters. The first kappa shape index (κ1) is 20.6. The molecule has 6 nitrogen and oxygen atoms in total. The fraction of sp³-hybridized carbons (Fsp3) is 0.391. The molecular formula is C23H27N3O3S. The molecule has 2 aliphatic rings. The summed E-state index contributed by atoms with van der Waals surface area (Å²) >= 11 is 0. The van der Waals surface area contributed by atoms with Gasteiger partial charge in [-0.2, -0.15) is 8.42 Å². The first-order valence-corrected chi connectivity index (χ1v) is 11.9. The zero-order chi connectivity index (χ0) is 21.1. The van der Waals surface area contributed by atoms with E-state index >= 15 is 0 Å². The molecule has 0 unspecified atom stereocenters. The summed E-state index contributed by atoms with van der Waals surface area (Å²) in [6.45, 7) is 3.22. The molecule has 1 fully saturated rings. The fourth-order valence-corrected chi connectivity index (χ4v) is 5.39. The van der Waals surface area contributed by atoms with E-state index in [4.69, 9.17) is 0 Å². The number of amides is 1. The Morgan fingerprint density at radius 3 is 2.70 bits per heavy atom. The predicted molar refractivity (Wildman–Crippen MR) is 117 cm³/mol. The molecule has 0 aromatic heterocycles. The summed E-state index contributed by atoms with van der Waals surface area (Å²) in [4.78, 5) is 15.1. The molecule has 2 aromatic carbocycles. The summed E-state index contributed by atoms with van der Waals surface area (Å²) in [6, 6.07) is 17.2. The Kier molecular flexibility index (Phi) is 5.90. The zero-order valence-corrected chi connectivity index (χ0v) is 17.9. The van der Waals surface area contributed by atoms with Crippen LogP contribution >= 0.6 is 0 Å². The SMILES string of the molecule is C[C@@H](CCc1ccccc1)NC(=O)[C@H]1CCCN(C2=NS(=O)(=O)c3ccccc32)C1. The molecule has 158 valence electrons. The van der Waals surface area contributed by atoms with Crippen LogP contribution in [0.3, 0.4) is 0 Å². The monoisotopic (exact) mass is 425 g/mol. The van der Waals surface area contributed by atoms with Crippen molar-refractivity contribution >= 4 is 21.8 Å². The Morgan fingerprint density at radius 1 is 1.17 bits per heavy atom. The number of nitrogens with zero attached hydrogens (tertiary/aromatic N) is 2. The van der Waals surface area contributed by atoms with Crippen molar-refractivity contribution in [3.05, 3.63) is 65.7 Å². The third-order valence-corrected chi connectivity index (χ3v) is 7.13. The number of carbonyl (C=O) groups is 1. The second kappa shape index (κ2) is 8.60. The van der Waals surface area contributed by atoms with Crippen molar-refractivity contribution < 1.29 is 13.2 Å². The van der Waals surface area contributed by atoms with Crippen LogP contribution in [-0.4, -0.2) is 44.2 Å². The van der Waals surface area contributed by atoms with Crippen molar-refractivity contribution in [2.75, 3.05) is 13.1 Å². The Bertz CT molecular complexity index is 1050. The number of hydrogen-bond acceptors (Lipinski definition) is 4. The molecule has 0 saturated carbocycles. The van der Waals surface area contributed by atoms with Gasteiger partial charge in [0.05, 0.1) is 5.92 Å². The largest absolute Gasteiger partial charge is 0.355 e. The number of fused-ring (bicyclic) bond motifs is 1. The average molecular weight is 426 g/mol. The minimum atomic E-state index is -3.65. The number of amidine groups is 1. The average Bonchev–Trinajstić information content (AvgIpc) is 3.04. The van der Waals surface area contributed by atoms with Crippen LogP contribution in [0.25, 0.3) is 0 Å². The van der Waals surface area contributed by atoms with Gasteiger partial charge in [0.15, 0.2) is 5.84 Å². The minimum absolute atomic E-state index is 0.0370. The summed E-state index contributed by atoms with van der Waals surface area (Å²) in [5.74, 6) is 0.339.